The van der Waals surface area contributed by atoms with Gasteiger partial charge in [0.1, 0.15) is 6.33 Å². The predicted molar refractivity (Wildman–Crippen MR) is 125 cm³/mol. The predicted octanol–water partition coefficient (Wildman–Crippen LogP) is 5.41. The highest BCUT2D eigenvalue weighted by atomic mass is 19.1. The van der Waals surface area contributed by atoms with E-state index in [0.717, 1.165) is 28.6 Å². The number of aromatic amines is 2. The standard InChI is InChI=1S/C24H16F2N8O/c1-12-8-14-15(31-12)4-5-19(21(14)25)35-24-22(26)23(29-11-30-24)32-20-10-17(33-34-20)13-2-3-16-18(9-13)28-7-6-27-16/h2-11,31H,1H3,(H2,29,30,32,33,34). The zero-order valence-electron chi connectivity index (χ0n) is 18.2. The van der Waals surface area contributed by atoms with Gasteiger partial charge in [0, 0.05) is 40.6 Å². The van der Waals surface area contributed by atoms with Gasteiger partial charge in [0.25, 0.3) is 5.88 Å². The van der Waals surface area contributed by atoms with Gasteiger partial charge in [-0.2, -0.15) is 14.5 Å². The van der Waals surface area contributed by atoms with E-state index in [1.807, 2.05) is 25.1 Å². The van der Waals surface area contributed by atoms with Crippen molar-refractivity contribution in [2.24, 2.45) is 0 Å². The van der Waals surface area contributed by atoms with Gasteiger partial charge in [0.05, 0.1) is 16.7 Å². The highest BCUT2D eigenvalue weighted by Gasteiger charge is 2.18. The average molecular weight is 470 g/mol. The molecule has 3 N–H and O–H groups in total. The van der Waals surface area contributed by atoms with Gasteiger partial charge in [0.2, 0.25) is 5.82 Å². The summed E-state index contributed by atoms with van der Waals surface area (Å²) in [6, 6.07) is 12.0. The average Bonchev–Trinajstić information content (AvgIpc) is 3.49. The van der Waals surface area contributed by atoms with E-state index < -0.39 is 17.5 Å². The van der Waals surface area contributed by atoms with Crippen LogP contribution in [0.4, 0.5) is 20.4 Å². The largest absolute Gasteiger partial charge is 0.433 e. The Morgan fingerprint density at radius 3 is 2.63 bits per heavy atom. The molecule has 4 heterocycles. The van der Waals surface area contributed by atoms with E-state index in [1.165, 1.54) is 6.07 Å². The molecule has 0 atom stereocenters. The van der Waals surface area contributed by atoms with Crippen LogP contribution >= 0.6 is 0 Å². The van der Waals surface area contributed by atoms with E-state index in [0.29, 0.717) is 22.4 Å². The van der Waals surface area contributed by atoms with Crippen LogP contribution in [0.1, 0.15) is 5.69 Å². The summed E-state index contributed by atoms with van der Waals surface area (Å²) in [5.74, 6) is -1.92. The molecule has 0 bridgehead atoms. The molecule has 4 aromatic heterocycles. The molecule has 0 aliphatic carbocycles. The molecular formula is C24H16F2N8O. The van der Waals surface area contributed by atoms with E-state index in [1.54, 1.807) is 30.6 Å². The minimum atomic E-state index is -0.886. The van der Waals surface area contributed by atoms with E-state index in [2.05, 4.69) is 40.4 Å². The van der Waals surface area contributed by atoms with Crippen molar-refractivity contribution >= 4 is 33.6 Å². The zero-order chi connectivity index (χ0) is 23.9. The molecule has 0 aliphatic rings. The molecule has 0 unspecified atom stereocenters. The summed E-state index contributed by atoms with van der Waals surface area (Å²) in [5, 5.41) is 10.2. The second-order valence-electron chi connectivity index (χ2n) is 7.79. The fourth-order valence-electron chi connectivity index (χ4n) is 3.77. The van der Waals surface area contributed by atoms with Gasteiger partial charge >= 0.3 is 0 Å². The number of anilines is 2. The Bertz CT molecular complexity index is 1710. The maximum Gasteiger partial charge on any atom is 0.261 e. The number of nitrogens with one attached hydrogen (secondary N) is 3. The molecular weight excluding hydrogens is 454 g/mol. The third kappa shape index (κ3) is 3.78. The summed E-state index contributed by atoms with van der Waals surface area (Å²) >= 11 is 0. The Morgan fingerprint density at radius 2 is 1.74 bits per heavy atom. The molecule has 0 radical (unpaired) electrons. The number of aromatic nitrogens is 7. The molecule has 172 valence electrons. The molecule has 2 aromatic carbocycles. The molecule has 6 rings (SSSR count). The second kappa shape index (κ2) is 8.13. The van der Waals surface area contributed by atoms with Crippen LogP contribution in [0.3, 0.4) is 0 Å². The maximum atomic E-state index is 15.1. The number of rotatable bonds is 5. The Hall–Kier alpha value is -4.93. The quantitative estimate of drug-likeness (QED) is 0.308. The Kier molecular flexibility index (Phi) is 4.80. The van der Waals surface area contributed by atoms with Gasteiger partial charge in [-0.15, -0.1) is 0 Å². The van der Waals surface area contributed by atoms with Crippen molar-refractivity contribution in [3.8, 4) is 22.9 Å². The van der Waals surface area contributed by atoms with Crippen molar-refractivity contribution in [3.63, 3.8) is 0 Å². The summed E-state index contributed by atoms with van der Waals surface area (Å²) in [5.41, 5.74) is 4.43. The number of ether oxygens (including phenoxy) is 1. The molecule has 0 spiro atoms. The third-order valence-electron chi connectivity index (χ3n) is 5.41. The lowest BCUT2D eigenvalue weighted by Gasteiger charge is -2.09. The van der Waals surface area contributed by atoms with Crippen LogP contribution in [0.2, 0.25) is 0 Å². The van der Waals surface area contributed by atoms with Crippen molar-refractivity contribution in [1.82, 2.24) is 35.1 Å². The Balaban J connectivity index is 1.26. The molecule has 35 heavy (non-hydrogen) atoms. The summed E-state index contributed by atoms with van der Waals surface area (Å²) in [6.07, 6.45) is 4.36. The minimum Gasteiger partial charge on any atom is -0.433 e. The van der Waals surface area contributed by atoms with E-state index in [-0.39, 0.29) is 11.6 Å². The number of nitrogens with zero attached hydrogens (tertiary/aromatic N) is 5. The second-order valence-corrected chi connectivity index (χ2v) is 7.79. The van der Waals surface area contributed by atoms with Crippen LogP contribution in [0, 0.1) is 18.6 Å². The highest BCUT2D eigenvalue weighted by molar-refractivity contribution is 5.83. The fraction of sp³-hybridized carbons (Fsp3) is 0.0417. The zero-order valence-corrected chi connectivity index (χ0v) is 18.2. The first kappa shape index (κ1) is 20.7. The van der Waals surface area contributed by atoms with Crippen molar-refractivity contribution in [2.75, 3.05) is 5.32 Å². The topological polar surface area (TPSA) is 117 Å². The number of benzene rings is 2. The van der Waals surface area contributed by atoms with Gasteiger partial charge < -0.3 is 15.0 Å². The Labute approximate surface area is 196 Å². The summed E-state index contributed by atoms with van der Waals surface area (Å²) in [4.78, 5) is 19.3. The number of hydrogen-bond donors (Lipinski definition) is 3. The lowest BCUT2D eigenvalue weighted by Crippen LogP contribution is -2.02. The van der Waals surface area contributed by atoms with Crippen molar-refractivity contribution in [1.29, 1.82) is 0 Å². The van der Waals surface area contributed by atoms with Crippen LogP contribution in [-0.2, 0) is 0 Å². The van der Waals surface area contributed by atoms with E-state index in [4.69, 9.17) is 4.74 Å². The smallest absolute Gasteiger partial charge is 0.261 e. The molecule has 0 amide bonds. The number of aryl methyl sites for hydroxylation is 1. The lowest BCUT2D eigenvalue weighted by molar-refractivity contribution is 0.400. The highest BCUT2D eigenvalue weighted by Crippen LogP contribution is 2.32. The van der Waals surface area contributed by atoms with Crippen LogP contribution in [0.5, 0.6) is 11.6 Å². The first-order valence-corrected chi connectivity index (χ1v) is 10.5. The first-order valence-electron chi connectivity index (χ1n) is 10.5. The van der Waals surface area contributed by atoms with Crippen LogP contribution < -0.4 is 10.1 Å². The van der Waals surface area contributed by atoms with Crippen molar-refractivity contribution < 1.29 is 13.5 Å². The van der Waals surface area contributed by atoms with Crippen molar-refractivity contribution in [2.45, 2.75) is 6.92 Å². The van der Waals surface area contributed by atoms with E-state index >= 15 is 4.39 Å². The molecule has 0 saturated carbocycles. The maximum absolute atomic E-state index is 15.1. The molecule has 11 heteroatoms. The molecule has 0 saturated heterocycles. The normalized spacial score (nSPS) is 11.3. The fourth-order valence-corrected chi connectivity index (χ4v) is 3.77. The summed E-state index contributed by atoms with van der Waals surface area (Å²) < 4.78 is 35.4. The molecule has 9 nitrogen and oxygen atoms in total. The lowest BCUT2D eigenvalue weighted by atomic mass is 10.1. The molecule has 0 fully saturated rings. The van der Waals surface area contributed by atoms with Gasteiger partial charge in [0.15, 0.2) is 23.2 Å². The summed E-state index contributed by atoms with van der Waals surface area (Å²) in [6.45, 7) is 1.82. The van der Waals surface area contributed by atoms with Gasteiger partial charge in [-0.25, -0.2) is 9.37 Å². The Morgan fingerprint density at radius 1 is 0.886 bits per heavy atom. The van der Waals surface area contributed by atoms with E-state index in [9.17, 15) is 4.39 Å². The molecule has 0 aliphatic heterocycles. The minimum absolute atomic E-state index is 0.151. The molecule has 6 aromatic rings. The van der Waals surface area contributed by atoms with Crippen LogP contribution in [0.15, 0.2) is 61.2 Å². The number of halogens is 2. The van der Waals surface area contributed by atoms with Crippen LogP contribution in [-0.4, -0.2) is 35.1 Å². The first-order chi connectivity index (χ1) is 17.0. The van der Waals surface area contributed by atoms with Gasteiger partial charge in [-0.05, 0) is 37.3 Å². The number of fused-ring (bicyclic) bond motifs is 2. The summed E-state index contributed by atoms with van der Waals surface area (Å²) in [7, 11) is 0. The third-order valence-corrected chi connectivity index (χ3v) is 5.41. The van der Waals surface area contributed by atoms with Gasteiger partial charge in [-0.3, -0.25) is 15.1 Å². The van der Waals surface area contributed by atoms with Crippen LogP contribution in [0.25, 0.3) is 33.2 Å². The van der Waals surface area contributed by atoms with Gasteiger partial charge in [-0.1, -0.05) is 6.07 Å². The number of H-pyrrole nitrogens is 2. The van der Waals surface area contributed by atoms with Crippen molar-refractivity contribution in [3.05, 3.63) is 78.5 Å². The number of hydrogen-bond acceptors (Lipinski definition) is 7. The SMILES string of the molecule is Cc1cc2c(F)c(Oc3ncnc(Nc4cc(-c5ccc6nccnc6c5)[nH]n4)c3F)ccc2[nH]1. The monoisotopic (exact) mass is 470 g/mol.